The first-order valence-corrected chi connectivity index (χ1v) is 10.2. The number of urea groups is 1. The van der Waals surface area contributed by atoms with Crippen molar-refractivity contribution in [3.63, 3.8) is 0 Å². The molecule has 0 saturated carbocycles. The van der Waals surface area contributed by atoms with Crippen LogP contribution in [-0.2, 0) is 6.54 Å². The van der Waals surface area contributed by atoms with Gasteiger partial charge in [0.25, 0.3) is 5.91 Å². The summed E-state index contributed by atoms with van der Waals surface area (Å²) in [6.45, 7) is 2.39. The van der Waals surface area contributed by atoms with Crippen molar-refractivity contribution >= 4 is 39.2 Å². The van der Waals surface area contributed by atoms with Crippen molar-refractivity contribution in [2.24, 2.45) is 5.73 Å². The van der Waals surface area contributed by atoms with Crippen molar-refractivity contribution in [1.29, 1.82) is 0 Å². The van der Waals surface area contributed by atoms with E-state index in [2.05, 4.69) is 29.7 Å². The fourth-order valence-corrected chi connectivity index (χ4v) is 4.09. The largest absolute Gasteiger partial charge is 0.352 e. The summed E-state index contributed by atoms with van der Waals surface area (Å²) in [6.07, 6.45) is 0. The standard InChI is InChI=1S/C23H20N4O2S/c1-14-2-11-19-20(12-14)30-22(27-19)17-7-9-18(10-8-17)26-21(28)16-5-3-15(4-6-16)13-25-23(24)29/h2-12H,13H2,1H3,(H,26,28)(H3,24,25,29). The van der Waals surface area contributed by atoms with E-state index >= 15 is 0 Å². The van der Waals surface area contributed by atoms with E-state index < -0.39 is 6.03 Å². The highest BCUT2D eigenvalue weighted by molar-refractivity contribution is 7.21. The number of carbonyl (C=O) groups is 2. The number of nitrogens with two attached hydrogens (primary N) is 1. The van der Waals surface area contributed by atoms with Gasteiger partial charge in [-0.25, -0.2) is 9.78 Å². The molecule has 6 nitrogen and oxygen atoms in total. The summed E-state index contributed by atoms with van der Waals surface area (Å²) in [7, 11) is 0. The normalized spacial score (nSPS) is 10.7. The summed E-state index contributed by atoms with van der Waals surface area (Å²) < 4.78 is 1.16. The Hall–Kier alpha value is -3.71. The van der Waals surface area contributed by atoms with Crippen molar-refractivity contribution in [1.82, 2.24) is 10.3 Å². The molecule has 3 aromatic carbocycles. The van der Waals surface area contributed by atoms with Crippen LogP contribution in [0.3, 0.4) is 0 Å². The highest BCUT2D eigenvalue weighted by atomic mass is 32.1. The van der Waals surface area contributed by atoms with Crippen molar-refractivity contribution in [2.45, 2.75) is 13.5 Å². The molecule has 0 saturated heterocycles. The lowest BCUT2D eigenvalue weighted by Gasteiger charge is -2.07. The first kappa shape index (κ1) is 19.6. The number of aryl methyl sites for hydroxylation is 1. The molecular formula is C23H20N4O2S. The number of hydrogen-bond acceptors (Lipinski definition) is 4. The van der Waals surface area contributed by atoms with Gasteiger partial charge in [-0.2, -0.15) is 0 Å². The first-order chi connectivity index (χ1) is 14.5. The predicted octanol–water partition coefficient (Wildman–Crippen LogP) is 4.69. The molecule has 1 heterocycles. The molecule has 4 aromatic rings. The average molecular weight is 417 g/mol. The molecule has 7 heteroatoms. The summed E-state index contributed by atoms with van der Waals surface area (Å²) in [5.41, 5.74) is 10.4. The highest BCUT2D eigenvalue weighted by Gasteiger charge is 2.09. The molecule has 0 unspecified atom stereocenters. The summed E-state index contributed by atoms with van der Waals surface area (Å²) in [4.78, 5) is 27.9. The Morgan fingerprint density at radius 3 is 2.43 bits per heavy atom. The van der Waals surface area contributed by atoms with E-state index in [4.69, 9.17) is 10.7 Å². The number of benzene rings is 3. The van der Waals surface area contributed by atoms with Crippen LogP contribution in [0.5, 0.6) is 0 Å². The van der Waals surface area contributed by atoms with Gasteiger partial charge in [0.2, 0.25) is 0 Å². The van der Waals surface area contributed by atoms with Gasteiger partial charge in [-0.05, 0) is 66.6 Å². The minimum Gasteiger partial charge on any atom is -0.352 e. The van der Waals surface area contributed by atoms with E-state index in [0.717, 1.165) is 26.4 Å². The van der Waals surface area contributed by atoms with Gasteiger partial charge in [-0.3, -0.25) is 4.79 Å². The lowest BCUT2D eigenvalue weighted by molar-refractivity contribution is 0.102. The Kier molecular flexibility index (Phi) is 5.45. The van der Waals surface area contributed by atoms with Crippen LogP contribution in [0, 0.1) is 6.92 Å². The number of amides is 3. The Bertz CT molecular complexity index is 1210. The third-order valence-electron chi connectivity index (χ3n) is 4.62. The molecule has 4 N–H and O–H groups in total. The maximum absolute atomic E-state index is 12.5. The van der Waals surface area contributed by atoms with Crippen LogP contribution in [0.25, 0.3) is 20.8 Å². The number of nitrogens with one attached hydrogen (secondary N) is 2. The molecule has 0 radical (unpaired) electrons. The van der Waals surface area contributed by atoms with Crippen LogP contribution in [0.15, 0.2) is 66.7 Å². The zero-order valence-electron chi connectivity index (χ0n) is 16.3. The maximum atomic E-state index is 12.5. The molecule has 0 fully saturated rings. The molecule has 4 rings (SSSR count). The maximum Gasteiger partial charge on any atom is 0.312 e. The molecule has 0 aliphatic heterocycles. The summed E-state index contributed by atoms with van der Waals surface area (Å²) in [5.74, 6) is -0.201. The summed E-state index contributed by atoms with van der Waals surface area (Å²) in [5, 5.41) is 6.36. The van der Waals surface area contributed by atoms with E-state index in [1.54, 1.807) is 35.6 Å². The number of fused-ring (bicyclic) bond motifs is 1. The van der Waals surface area contributed by atoms with E-state index in [1.807, 2.05) is 30.3 Å². The van der Waals surface area contributed by atoms with Crippen molar-refractivity contribution in [3.05, 3.63) is 83.4 Å². The average Bonchev–Trinajstić information content (AvgIpc) is 3.16. The topological polar surface area (TPSA) is 97.1 Å². The minimum atomic E-state index is -0.582. The Labute approximate surface area is 177 Å². The van der Waals surface area contributed by atoms with Crippen molar-refractivity contribution < 1.29 is 9.59 Å². The van der Waals surface area contributed by atoms with E-state index in [1.165, 1.54) is 5.56 Å². The zero-order valence-corrected chi connectivity index (χ0v) is 17.1. The molecule has 0 spiro atoms. The number of anilines is 1. The van der Waals surface area contributed by atoms with Crippen molar-refractivity contribution in [3.8, 4) is 10.6 Å². The number of primary amides is 1. The lowest BCUT2D eigenvalue weighted by Crippen LogP contribution is -2.28. The molecule has 1 aromatic heterocycles. The van der Waals surface area contributed by atoms with E-state index in [9.17, 15) is 9.59 Å². The molecular weight excluding hydrogens is 396 g/mol. The quantitative estimate of drug-likeness (QED) is 0.440. The summed E-state index contributed by atoms with van der Waals surface area (Å²) in [6, 6.07) is 20.3. The zero-order chi connectivity index (χ0) is 21.1. The Morgan fingerprint density at radius 1 is 1.00 bits per heavy atom. The van der Waals surface area contributed by atoms with Gasteiger partial charge >= 0.3 is 6.03 Å². The number of hydrogen-bond donors (Lipinski definition) is 3. The fourth-order valence-electron chi connectivity index (χ4n) is 3.02. The SMILES string of the molecule is Cc1ccc2nc(-c3ccc(NC(=O)c4ccc(CNC(N)=O)cc4)cc3)sc2c1. The molecule has 0 atom stereocenters. The minimum absolute atomic E-state index is 0.201. The van der Waals surface area contributed by atoms with Gasteiger partial charge in [0.05, 0.1) is 10.2 Å². The predicted molar refractivity (Wildman–Crippen MR) is 121 cm³/mol. The smallest absolute Gasteiger partial charge is 0.312 e. The first-order valence-electron chi connectivity index (χ1n) is 9.39. The van der Waals surface area contributed by atoms with Crippen LogP contribution in [0.1, 0.15) is 21.5 Å². The van der Waals surface area contributed by atoms with E-state index in [0.29, 0.717) is 17.8 Å². The molecule has 3 amide bonds. The Balaban J connectivity index is 1.43. The molecule has 0 aliphatic rings. The van der Waals surface area contributed by atoms with Gasteiger partial charge in [0.1, 0.15) is 5.01 Å². The molecule has 150 valence electrons. The van der Waals surface area contributed by atoms with Gasteiger partial charge in [0.15, 0.2) is 0 Å². The van der Waals surface area contributed by atoms with Crippen LogP contribution >= 0.6 is 11.3 Å². The second kappa shape index (κ2) is 8.34. The van der Waals surface area contributed by atoms with E-state index in [-0.39, 0.29) is 5.91 Å². The van der Waals surface area contributed by atoms with Gasteiger partial charge < -0.3 is 16.4 Å². The van der Waals surface area contributed by atoms with Crippen LogP contribution < -0.4 is 16.4 Å². The molecule has 0 bridgehead atoms. The lowest BCUT2D eigenvalue weighted by atomic mass is 10.1. The van der Waals surface area contributed by atoms with Crippen LogP contribution in [0.2, 0.25) is 0 Å². The third-order valence-corrected chi connectivity index (χ3v) is 5.68. The number of rotatable bonds is 5. The number of nitrogens with zero attached hydrogens (tertiary/aromatic N) is 1. The third kappa shape index (κ3) is 4.47. The Morgan fingerprint density at radius 2 is 1.73 bits per heavy atom. The van der Waals surface area contributed by atoms with Gasteiger partial charge in [0, 0.05) is 23.4 Å². The number of aromatic nitrogens is 1. The number of thiazole rings is 1. The second-order valence-corrected chi connectivity index (χ2v) is 7.97. The monoisotopic (exact) mass is 416 g/mol. The molecule has 30 heavy (non-hydrogen) atoms. The van der Waals surface area contributed by atoms with Gasteiger partial charge in [-0.1, -0.05) is 18.2 Å². The fraction of sp³-hybridized carbons (Fsp3) is 0.0870. The highest BCUT2D eigenvalue weighted by Crippen LogP contribution is 2.31. The number of carbonyl (C=O) groups excluding carboxylic acids is 2. The summed E-state index contributed by atoms with van der Waals surface area (Å²) >= 11 is 1.66. The molecule has 0 aliphatic carbocycles. The second-order valence-electron chi connectivity index (χ2n) is 6.94. The van der Waals surface area contributed by atoms with Crippen LogP contribution in [-0.4, -0.2) is 16.9 Å². The van der Waals surface area contributed by atoms with Crippen molar-refractivity contribution in [2.75, 3.05) is 5.32 Å². The van der Waals surface area contributed by atoms with Crippen LogP contribution in [0.4, 0.5) is 10.5 Å². The van der Waals surface area contributed by atoms with Gasteiger partial charge in [-0.15, -0.1) is 11.3 Å².